The molecule has 0 saturated heterocycles. The number of furan rings is 1. The Balaban J connectivity index is 2.01. The van der Waals surface area contributed by atoms with Crippen LogP contribution in [0.5, 0.6) is 0 Å². The monoisotopic (exact) mass is 235 g/mol. The summed E-state index contributed by atoms with van der Waals surface area (Å²) in [5, 5.41) is 17.9. The van der Waals surface area contributed by atoms with E-state index in [-0.39, 0.29) is 12.5 Å². The number of nitrogens with zero attached hydrogens (tertiary/aromatic N) is 1. The molecular formula is C11H13N3O3. The third-order valence-electron chi connectivity index (χ3n) is 2.22. The van der Waals surface area contributed by atoms with Gasteiger partial charge in [0.2, 0.25) is 0 Å². The van der Waals surface area contributed by atoms with Crippen molar-refractivity contribution in [1.29, 1.82) is 0 Å². The number of aromatic nitrogens is 2. The molecule has 3 N–H and O–H groups in total. The quantitative estimate of drug-likeness (QED) is 0.668. The van der Waals surface area contributed by atoms with Gasteiger partial charge in [0.25, 0.3) is 5.91 Å². The van der Waals surface area contributed by atoms with Gasteiger partial charge in [-0.05, 0) is 18.6 Å². The standard InChI is InChI=1S/C11H13N3O3/c15-5-2-4-12-11(16)9-7-8(13-14-9)10-3-1-6-17-10/h1,3,6-7,15H,2,4-5H2,(H,12,16)(H,13,14). The molecule has 0 aliphatic rings. The minimum absolute atomic E-state index is 0.0541. The summed E-state index contributed by atoms with van der Waals surface area (Å²) >= 11 is 0. The van der Waals surface area contributed by atoms with Crippen LogP contribution in [0.3, 0.4) is 0 Å². The summed E-state index contributed by atoms with van der Waals surface area (Å²) in [6.45, 7) is 0.483. The van der Waals surface area contributed by atoms with E-state index in [1.807, 2.05) is 0 Å². The highest BCUT2D eigenvalue weighted by molar-refractivity contribution is 5.93. The first kappa shape index (κ1) is 11.4. The van der Waals surface area contributed by atoms with Gasteiger partial charge < -0.3 is 14.8 Å². The molecule has 0 atom stereocenters. The number of aliphatic hydroxyl groups is 1. The average Bonchev–Trinajstić information content (AvgIpc) is 3.00. The first-order valence-corrected chi connectivity index (χ1v) is 5.29. The van der Waals surface area contributed by atoms with Crippen molar-refractivity contribution in [2.45, 2.75) is 6.42 Å². The number of hydrogen-bond acceptors (Lipinski definition) is 4. The Hall–Kier alpha value is -2.08. The minimum atomic E-state index is -0.271. The predicted octanol–water partition coefficient (Wildman–Crippen LogP) is 0.782. The molecule has 0 radical (unpaired) electrons. The predicted molar refractivity (Wildman–Crippen MR) is 60.3 cm³/mol. The number of amides is 1. The van der Waals surface area contributed by atoms with E-state index in [0.717, 1.165) is 0 Å². The number of H-pyrrole nitrogens is 1. The molecule has 0 bridgehead atoms. The SMILES string of the molecule is O=C(NCCCO)c1cc(-c2ccco2)[nH]n1. The van der Waals surface area contributed by atoms with Crippen molar-refractivity contribution in [3.63, 3.8) is 0 Å². The molecule has 0 aliphatic heterocycles. The number of aliphatic hydroxyl groups excluding tert-OH is 1. The van der Waals surface area contributed by atoms with Gasteiger partial charge in [-0.1, -0.05) is 0 Å². The molecule has 1 amide bonds. The zero-order valence-electron chi connectivity index (χ0n) is 9.14. The molecule has 6 heteroatoms. The fourth-order valence-electron chi connectivity index (χ4n) is 1.37. The van der Waals surface area contributed by atoms with Crippen LogP contribution in [-0.4, -0.2) is 34.4 Å². The average molecular weight is 235 g/mol. The third kappa shape index (κ3) is 2.73. The van der Waals surface area contributed by atoms with Crippen molar-refractivity contribution in [1.82, 2.24) is 15.5 Å². The van der Waals surface area contributed by atoms with Crippen LogP contribution in [0.25, 0.3) is 11.5 Å². The largest absolute Gasteiger partial charge is 0.463 e. The number of rotatable bonds is 5. The lowest BCUT2D eigenvalue weighted by molar-refractivity contribution is 0.0946. The minimum Gasteiger partial charge on any atom is -0.463 e. The van der Waals surface area contributed by atoms with E-state index in [1.165, 1.54) is 0 Å². The van der Waals surface area contributed by atoms with Gasteiger partial charge in [0.15, 0.2) is 11.5 Å². The van der Waals surface area contributed by atoms with Crippen molar-refractivity contribution in [3.8, 4) is 11.5 Å². The number of aromatic amines is 1. The topological polar surface area (TPSA) is 91.1 Å². The maximum atomic E-state index is 11.6. The molecular weight excluding hydrogens is 222 g/mol. The van der Waals surface area contributed by atoms with Gasteiger partial charge in [-0.15, -0.1) is 0 Å². The van der Waals surface area contributed by atoms with E-state index < -0.39 is 0 Å². The number of carbonyl (C=O) groups is 1. The maximum absolute atomic E-state index is 11.6. The molecule has 6 nitrogen and oxygen atoms in total. The van der Waals surface area contributed by atoms with E-state index in [4.69, 9.17) is 9.52 Å². The normalized spacial score (nSPS) is 10.4. The second kappa shape index (κ2) is 5.31. The van der Waals surface area contributed by atoms with Crippen LogP contribution < -0.4 is 5.32 Å². The Morgan fingerprint density at radius 1 is 1.59 bits per heavy atom. The Bertz CT molecular complexity index is 476. The molecule has 0 saturated carbocycles. The van der Waals surface area contributed by atoms with E-state index in [2.05, 4.69) is 15.5 Å². The zero-order valence-corrected chi connectivity index (χ0v) is 9.14. The fourth-order valence-corrected chi connectivity index (χ4v) is 1.37. The molecule has 0 fully saturated rings. The van der Waals surface area contributed by atoms with Gasteiger partial charge in [-0.3, -0.25) is 9.89 Å². The molecule has 0 aromatic carbocycles. The molecule has 2 aromatic rings. The second-order valence-corrected chi connectivity index (χ2v) is 3.48. The molecule has 2 rings (SSSR count). The van der Waals surface area contributed by atoms with Crippen molar-refractivity contribution in [2.24, 2.45) is 0 Å². The second-order valence-electron chi connectivity index (χ2n) is 3.48. The zero-order chi connectivity index (χ0) is 12.1. The summed E-state index contributed by atoms with van der Waals surface area (Å²) < 4.78 is 5.18. The number of carbonyl (C=O) groups excluding carboxylic acids is 1. The van der Waals surface area contributed by atoms with Crippen LogP contribution in [-0.2, 0) is 0 Å². The Morgan fingerprint density at radius 2 is 2.47 bits per heavy atom. The van der Waals surface area contributed by atoms with Gasteiger partial charge in [0.1, 0.15) is 5.69 Å². The van der Waals surface area contributed by atoms with Crippen molar-refractivity contribution in [3.05, 3.63) is 30.2 Å². The van der Waals surface area contributed by atoms with E-state index in [1.54, 1.807) is 24.5 Å². The molecule has 2 aromatic heterocycles. The lowest BCUT2D eigenvalue weighted by Gasteiger charge is -1.99. The molecule has 17 heavy (non-hydrogen) atoms. The lowest BCUT2D eigenvalue weighted by atomic mass is 10.3. The third-order valence-corrected chi connectivity index (χ3v) is 2.22. The number of hydrogen-bond donors (Lipinski definition) is 3. The Morgan fingerprint density at radius 3 is 3.18 bits per heavy atom. The van der Waals surface area contributed by atoms with Crippen LogP contribution in [0.1, 0.15) is 16.9 Å². The molecule has 0 aliphatic carbocycles. The highest BCUT2D eigenvalue weighted by atomic mass is 16.3. The molecule has 90 valence electrons. The van der Waals surface area contributed by atoms with Gasteiger partial charge in [0.05, 0.1) is 6.26 Å². The molecule has 2 heterocycles. The van der Waals surface area contributed by atoms with E-state index >= 15 is 0 Å². The van der Waals surface area contributed by atoms with Crippen LogP contribution in [0.2, 0.25) is 0 Å². The summed E-state index contributed by atoms with van der Waals surface area (Å²) in [5.41, 5.74) is 0.955. The molecule has 0 spiro atoms. The maximum Gasteiger partial charge on any atom is 0.271 e. The highest BCUT2D eigenvalue weighted by Gasteiger charge is 2.11. The van der Waals surface area contributed by atoms with Crippen molar-refractivity contribution >= 4 is 5.91 Å². The van der Waals surface area contributed by atoms with Crippen molar-refractivity contribution < 1.29 is 14.3 Å². The van der Waals surface area contributed by atoms with Gasteiger partial charge in [-0.25, -0.2) is 0 Å². The van der Waals surface area contributed by atoms with Crippen molar-refractivity contribution in [2.75, 3.05) is 13.2 Å². The highest BCUT2D eigenvalue weighted by Crippen LogP contribution is 2.17. The molecule has 0 unspecified atom stereocenters. The first-order valence-electron chi connectivity index (χ1n) is 5.29. The van der Waals surface area contributed by atoms with Gasteiger partial charge >= 0.3 is 0 Å². The van der Waals surface area contributed by atoms with Crippen LogP contribution in [0.4, 0.5) is 0 Å². The Kier molecular flexibility index (Phi) is 3.56. The van der Waals surface area contributed by atoms with Crippen LogP contribution >= 0.6 is 0 Å². The van der Waals surface area contributed by atoms with E-state index in [0.29, 0.717) is 30.1 Å². The van der Waals surface area contributed by atoms with Gasteiger partial charge in [-0.2, -0.15) is 5.10 Å². The first-order chi connectivity index (χ1) is 8.31. The van der Waals surface area contributed by atoms with E-state index in [9.17, 15) is 4.79 Å². The summed E-state index contributed by atoms with van der Waals surface area (Å²) in [6.07, 6.45) is 2.08. The smallest absolute Gasteiger partial charge is 0.271 e. The van der Waals surface area contributed by atoms with Crippen LogP contribution in [0.15, 0.2) is 28.9 Å². The number of nitrogens with one attached hydrogen (secondary N) is 2. The summed E-state index contributed by atoms with van der Waals surface area (Å²) in [7, 11) is 0. The fraction of sp³-hybridized carbons (Fsp3) is 0.273. The summed E-state index contributed by atoms with van der Waals surface area (Å²) in [5.74, 6) is 0.361. The summed E-state index contributed by atoms with van der Waals surface area (Å²) in [6, 6.07) is 5.16. The van der Waals surface area contributed by atoms with Gasteiger partial charge in [0, 0.05) is 19.2 Å². The lowest BCUT2D eigenvalue weighted by Crippen LogP contribution is -2.25. The Labute approximate surface area is 97.6 Å². The van der Waals surface area contributed by atoms with Crippen LogP contribution in [0, 0.1) is 0 Å². The summed E-state index contributed by atoms with van der Waals surface area (Å²) in [4.78, 5) is 11.6.